The summed E-state index contributed by atoms with van der Waals surface area (Å²) in [6, 6.07) is 13.3. The van der Waals surface area contributed by atoms with Gasteiger partial charge in [0, 0.05) is 13.1 Å². The van der Waals surface area contributed by atoms with E-state index in [-0.39, 0.29) is 23.8 Å². The molecule has 2 aromatic rings. The number of nitrogens with zero attached hydrogens (tertiary/aromatic N) is 1. The molecule has 0 fully saturated rings. The smallest absolute Gasteiger partial charge is 0.261 e. The van der Waals surface area contributed by atoms with E-state index in [1.807, 2.05) is 56.3 Å². The fourth-order valence-corrected chi connectivity index (χ4v) is 4.20. The fourth-order valence-electron chi connectivity index (χ4n) is 3.70. The Hall–Kier alpha value is -2.34. The van der Waals surface area contributed by atoms with Crippen LogP contribution in [-0.4, -0.2) is 35.9 Å². The summed E-state index contributed by atoms with van der Waals surface area (Å²) in [6.45, 7) is 13.3. The number of rotatable bonds is 11. The predicted octanol–water partition coefficient (Wildman–Crippen LogP) is 6.16. The first-order valence-corrected chi connectivity index (χ1v) is 12.9. The number of hydrogen-bond acceptors (Lipinski definition) is 3. The van der Waals surface area contributed by atoms with Crippen molar-refractivity contribution < 1.29 is 14.3 Å². The molecule has 0 saturated heterocycles. The van der Waals surface area contributed by atoms with Crippen molar-refractivity contribution in [2.75, 3.05) is 13.2 Å². The standard InChI is InChI=1S/C28H39BrN2O3/c1-7-9-16-30-27(33)24(8-2)31(18-21-13-11-10-12-20(21)3)26(32)19-34-25-15-14-22(17-23(25)29)28(4,5)6/h10-15,17,24H,7-9,16,18-19H2,1-6H3,(H,30,33)/t24-/m1/s1. The molecule has 0 saturated carbocycles. The van der Waals surface area contributed by atoms with Gasteiger partial charge in [-0.15, -0.1) is 0 Å². The van der Waals surface area contributed by atoms with Crippen molar-refractivity contribution in [2.24, 2.45) is 0 Å². The van der Waals surface area contributed by atoms with Crippen molar-refractivity contribution in [3.8, 4) is 5.75 Å². The number of benzene rings is 2. The first-order valence-electron chi connectivity index (χ1n) is 12.1. The molecule has 0 radical (unpaired) electrons. The van der Waals surface area contributed by atoms with Crippen molar-refractivity contribution in [2.45, 2.75) is 78.8 Å². The summed E-state index contributed by atoms with van der Waals surface area (Å²) in [7, 11) is 0. The van der Waals surface area contributed by atoms with Gasteiger partial charge in [0.25, 0.3) is 5.91 Å². The second-order valence-corrected chi connectivity index (χ2v) is 10.6. The SMILES string of the molecule is CCCCNC(=O)[C@@H](CC)N(Cc1ccccc1C)C(=O)COc1ccc(C(C)(C)C)cc1Br. The number of unbranched alkanes of at least 4 members (excludes halogenated alkanes) is 1. The van der Waals surface area contributed by atoms with E-state index in [4.69, 9.17) is 4.74 Å². The molecule has 0 unspecified atom stereocenters. The van der Waals surface area contributed by atoms with E-state index < -0.39 is 6.04 Å². The number of nitrogens with one attached hydrogen (secondary N) is 1. The highest BCUT2D eigenvalue weighted by Gasteiger charge is 2.29. The molecule has 0 spiro atoms. The lowest BCUT2D eigenvalue weighted by molar-refractivity contribution is -0.143. The Morgan fingerprint density at radius 2 is 1.82 bits per heavy atom. The van der Waals surface area contributed by atoms with Gasteiger partial charge < -0.3 is 15.0 Å². The monoisotopic (exact) mass is 530 g/mol. The zero-order valence-corrected chi connectivity index (χ0v) is 23.0. The van der Waals surface area contributed by atoms with Crippen LogP contribution < -0.4 is 10.1 Å². The maximum atomic E-state index is 13.4. The molecule has 6 heteroatoms. The summed E-state index contributed by atoms with van der Waals surface area (Å²) < 4.78 is 6.73. The zero-order valence-electron chi connectivity index (χ0n) is 21.4. The Morgan fingerprint density at radius 1 is 1.12 bits per heavy atom. The van der Waals surface area contributed by atoms with E-state index in [2.05, 4.69) is 48.9 Å². The molecule has 2 rings (SSSR count). The molecule has 0 aliphatic rings. The molecule has 0 aromatic heterocycles. The van der Waals surface area contributed by atoms with Crippen LogP contribution >= 0.6 is 15.9 Å². The quantitative estimate of drug-likeness (QED) is 0.354. The predicted molar refractivity (Wildman–Crippen MR) is 142 cm³/mol. The summed E-state index contributed by atoms with van der Waals surface area (Å²) in [5.74, 6) is 0.277. The molecule has 0 aliphatic heterocycles. The largest absolute Gasteiger partial charge is 0.483 e. The lowest BCUT2D eigenvalue weighted by atomic mass is 9.87. The second-order valence-electron chi connectivity index (χ2n) is 9.70. The minimum atomic E-state index is -0.556. The van der Waals surface area contributed by atoms with Crippen LogP contribution in [0.25, 0.3) is 0 Å². The van der Waals surface area contributed by atoms with Gasteiger partial charge in [-0.3, -0.25) is 9.59 Å². The Morgan fingerprint density at radius 3 is 2.41 bits per heavy atom. The third-order valence-electron chi connectivity index (χ3n) is 5.97. The van der Waals surface area contributed by atoms with E-state index in [9.17, 15) is 9.59 Å². The molecule has 34 heavy (non-hydrogen) atoms. The Bertz CT molecular complexity index is 968. The normalized spacial score (nSPS) is 12.2. The van der Waals surface area contributed by atoms with E-state index in [0.29, 0.717) is 25.3 Å². The van der Waals surface area contributed by atoms with Crippen LogP contribution in [0.2, 0.25) is 0 Å². The summed E-state index contributed by atoms with van der Waals surface area (Å²) in [6.07, 6.45) is 2.44. The third kappa shape index (κ3) is 7.86. The molecule has 5 nitrogen and oxygen atoms in total. The van der Waals surface area contributed by atoms with Gasteiger partial charge in [-0.1, -0.05) is 71.4 Å². The topological polar surface area (TPSA) is 58.6 Å². The van der Waals surface area contributed by atoms with Crippen LogP contribution in [-0.2, 0) is 21.5 Å². The van der Waals surface area contributed by atoms with Crippen LogP contribution in [0.1, 0.15) is 70.6 Å². The van der Waals surface area contributed by atoms with Crippen molar-refractivity contribution in [1.82, 2.24) is 10.2 Å². The van der Waals surface area contributed by atoms with Gasteiger partial charge in [-0.2, -0.15) is 0 Å². The minimum Gasteiger partial charge on any atom is -0.483 e. The molecule has 1 atom stereocenters. The van der Waals surface area contributed by atoms with Crippen molar-refractivity contribution >= 4 is 27.7 Å². The first-order chi connectivity index (χ1) is 16.1. The minimum absolute atomic E-state index is 0.0146. The van der Waals surface area contributed by atoms with Crippen LogP contribution in [0, 0.1) is 6.92 Å². The molecule has 0 aliphatic carbocycles. The summed E-state index contributed by atoms with van der Waals surface area (Å²) in [4.78, 5) is 28.0. The second kappa shape index (κ2) is 12.9. The highest BCUT2D eigenvalue weighted by atomic mass is 79.9. The van der Waals surface area contributed by atoms with Gasteiger partial charge in [0.05, 0.1) is 4.47 Å². The number of carbonyl (C=O) groups is 2. The molecule has 2 aromatic carbocycles. The molecule has 0 heterocycles. The van der Waals surface area contributed by atoms with Gasteiger partial charge in [0.15, 0.2) is 6.61 Å². The van der Waals surface area contributed by atoms with E-state index in [0.717, 1.165) is 28.4 Å². The van der Waals surface area contributed by atoms with Gasteiger partial charge in [0.1, 0.15) is 11.8 Å². The summed E-state index contributed by atoms with van der Waals surface area (Å²) in [5.41, 5.74) is 3.30. The molecular weight excluding hydrogens is 492 g/mol. The fraction of sp³-hybridized carbons (Fsp3) is 0.500. The van der Waals surface area contributed by atoms with Crippen molar-refractivity contribution in [1.29, 1.82) is 0 Å². The number of aryl methyl sites for hydroxylation is 1. The van der Waals surface area contributed by atoms with Crippen LogP contribution in [0.15, 0.2) is 46.9 Å². The Kier molecular flexibility index (Phi) is 10.6. The maximum Gasteiger partial charge on any atom is 0.261 e. The number of hydrogen-bond donors (Lipinski definition) is 1. The maximum absolute atomic E-state index is 13.4. The third-order valence-corrected chi connectivity index (χ3v) is 6.59. The van der Waals surface area contributed by atoms with E-state index in [1.54, 1.807) is 4.90 Å². The molecule has 0 bridgehead atoms. The average molecular weight is 532 g/mol. The van der Waals surface area contributed by atoms with E-state index >= 15 is 0 Å². The summed E-state index contributed by atoms with van der Waals surface area (Å²) in [5, 5.41) is 2.99. The van der Waals surface area contributed by atoms with Crippen molar-refractivity contribution in [3.05, 3.63) is 63.6 Å². The number of carbonyl (C=O) groups excluding carboxylic acids is 2. The summed E-state index contributed by atoms with van der Waals surface area (Å²) >= 11 is 3.58. The lowest BCUT2D eigenvalue weighted by Gasteiger charge is -2.31. The van der Waals surface area contributed by atoms with Gasteiger partial charge in [-0.05, 0) is 69.9 Å². The van der Waals surface area contributed by atoms with Crippen LogP contribution in [0.4, 0.5) is 0 Å². The molecule has 2 amide bonds. The number of ether oxygens (including phenoxy) is 1. The van der Waals surface area contributed by atoms with Gasteiger partial charge in [0.2, 0.25) is 5.91 Å². The highest BCUT2D eigenvalue weighted by molar-refractivity contribution is 9.10. The molecule has 186 valence electrons. The zero-order chi connectivity index (χ0) is 25.3. The van der Waals surface area contributed by atoms with Crippen LogP contribution in [0.5, 0.6) is 5.75 Å². The highest BCUT2D eigenvalue weighted by Crippen LogP contribution is 2.31. The number of amides is 2. The molecule has 1 N–H and O–H groups in total. The number of halogens is 1. The van der Waals surface area contributed by atoms with Crippen LogP contribution in [0.3, 0.4) is 0 Å². The average Bonchev–Trinajstić information content (AvgIpc) is 2.78. The van der Waals surface area contributed by atoms with Crippen molar-refractivity contribution in [3.63, 3.8) is 0 Å². The molecular formula is C28H39BrN2O3. The Labute approximate surface area is 213 Å². The van der Waals surface area contributed by atoms with E-state index in [1.165, 1.54) is 5.56 Å². The Balaban J connectivity index is 2.22. The first kappa shape index (κ1) is 27.9. The van der Waals surface area contributed by atoms with Gasteiger partial charge in [-0.25, -0.2) is 0 Å². The lowest BCUT2D eigenvalue weighted by Crippen LogP contribution is -2.50. The van der Waals surface area contributed by atoms with Gasteiger partial charge >= 0.3 is 0 Å².